The summed E-state index contributed by atoms with van der Waals surface area (Å²) in [6.07, 6.45) is 5.73. The van der Waals surface area contributed by atoms with E-state index in [1.807, 2.05) is 0 Å². The Morgan fingerprint density at radius 3 is 2.46 bits per heavy atom. The van der Waals surface area contributed by atoms with Crippen molar-refractivity contribution in [2.45, 2.75) is 25.7 Å². The second-order valence-electron chi connectivity index (χ2n) is 7.34. The molecule has 1 aliphatic heterocycles. The van der Waals surface area contributed by atoms with Crippen molar-refractivity contribution in [2.24, 2.45) is 0 Å². The van der Waals surface area contributed by atoms with Crippen LogP contribution in [0.1, 0.15) is 24.0 Å². The van der Waals surface area contributed by atoms with E-state index in [4.69, 9.17) is 4.74 Å². The van der Waals surface area contributed by atoms with Gasteiger partial charge in [-0.25, -0.2) is 13.1 Å². The largest absolute Gasteiger partial charge is 0.492 e. The highest BCUT2D eigenvalue weighted by molar-refractivity contribution is 7.88. The van der Waals surface area contributed by atoms with Gasteiger partial charge in [-0.2, -0.15) is 0 Å². The number of aryl methyl sites for hydroxylation is 2. The minimum atomic E-state index is -3.06. The molecule has 3 rings (SSSR count). The Balaban J connectivity index is 1.28. The molecule has 0 unspecified atom stereocenters. The maximum Gasteiger partial charge on any atom is 0.208 e. The highest BCUT2D eigenvalue weighted by atomic mass is 32.2. The van der Waals surface area contributed by atoms with Crippen molar-refractivity contribution in [3.63, 3.8) is 0 Å². The van der Waals surface area contributed by atoms with Gasteiger partial charge < -0.3 is 9.64 Å². The first-order valence-corrected chi connectivity index (χ1v) is 11.5. The van der Waals surface area contributed by atoms with E-state index in [0.717, 1.165) is 58.0 Å². The van der Waals surface area contributed by atoms with Crippen molar-refractivity contribution in [3.05, 3.63) is 29.3 Å². The SMILES string of the molecule is CS(=O)(=O)NCCCN1CCN(CCOc2ccc3c(c2)CCC3)CC1. The van der Waals surface area contributed by atoms with Crippen molar-refractivity contribution in [2.75, 3.05) is 58.7 Å². The molecule has 0 amide bonds. The zero-order valence-electron chi connectivity index (χ0n) is 15.7. The van der Waals surface area contributed by atoms with Gasteiger partial charge in [-0.05, 0) is 55.5 Å². The van der Waals surface area contributed by atoms with E-state index < -0.39 is 10.0 Å². The Kier molecular flexibility index (Phi) is 6.92. The molecule has 0 radical (unpaired) electrons. The van der Waals surface area contributed by atoms with Crippen LogP contribution in [0, 0.1) is 0 Å². The molecular weight excluding hydrogens is 350 g/mol. The van der Waals surface area contributed by atoms with E-state index in [1.54, 1.807) is 0 Å². The molecule has 7 heteroatoms. The first-order chi connectivity index (χ1) is 12.5. The molecule has 6 nitrogen and oxygen atoms in total. The summed E-state index contributed by atoms with van der Waals surface area (Å²) in [5.74, 6) is 1.00. The monoisotopic (exact) mass is 381 g/mol. The molecule has 1 fully saturated rings. The van der Waals surface area contributed by atoms with E-state index in [0.29, 0.717) is 6.54 Å². The lowest BCUT2D eigenvalue weighted by Crippen LogP contribution is -2.47. The zero-order valence-corrected chi connectivity index (χ0v) is 16.6. The number of hydrogen-bond acceptors (Lipinski definition) is 5. The van der Waals surface area contributed by atoms with Crippen LogP contribution in [-0.2, 0) is 22.9 Å². The minimum absolute atomic E-state index is 0.521. The summed E-state index contributed by atoms with van der Waals surface area (Å²) in [5, 5.41) is 0. The molecule has 2 aliphatic rings. The number of piperazine rings is 1. The van der Waals surface area contributed by atoms with Crippen LogP contribution in [0.2, 0.25) is 0 Å². The molecule has 1 aromatic rings. The smallest absolute Gasteiger partial charge is 0.208 e. The number of rotatable bonds is 9. The van der Waals surface area contributed by atoms with Crippen LogP contribution < -0.4 is 9.46 Å². The number of nitrogens with zero attached hydrogens (tertiary/aromatic N) is 2. The molecule has 1 aliphatic carbocycles. The lowest BCUT2D eigenvalue weighted by Gasteiger charge is -2.34. The van der Waals surface area contributed by atoms with Gasteiger partial charge in [0.15, 0.2) is 0 Å². The predicted molar refractivity (Wildman–Crippen MR) is 104 cm³/mol. The Hall–Kier alpha value is -1.15. The van der Waals surface area contributed by atoms with Gasteiger partial charge >= 0.3 is 0 Å². The fraction of sp³-hybridized carbons (Fsp3) is 0.684. The average molecular weight is 382 g/mol. The molecule has 146 valence electrons. The van der Waals surface area contributed by atoms with Gasteiger partial charge in [-0.3, -0.25) is 4.90 Å². The highest BCUT2D eigenvalue weighted by Crippen LogP contribution is 2.25. The molecule has 0 atom stereocenters. The molecule has 1 aromatic carbocycles. The Labute approximate surface area is 157 Å². The molecular formula is C19H31N3O3S. The second-order valence-corrected chi connectivity index (χ2v) is 9.17. The standard InChI is InChI=1S/C19H31N3O3S/c1-26(23,24)20-8-3-9-21-10-12-22(13-11-21)14-15-25-19-7-6-17-4-2-5-18(17)16-19/h6-7,16,20H,2-5,8-15H2,1H3. The first-order valence-electron chi connectivity index (χ1n) is 9.63. The average Bonchev–Trinajstić information content (AvgIpc) is 3.07. The van der Waals surface area contributed by atoms with Gasteiger partial charge in [-0.15, -0.1) is 0 Å². The summed E-state index contributed by atoms with van der Waals surface area (Å²) in [6.45, 7) is 7.34. The number of fused-ring (bicyclic) bond motifs is 1. The van der Waals surface area contributed by atoms with Crippen molar-refractivity contribution >= 4 is 10.0 Å². The van der Waals surface area contributed by atoms with Gasteiger partial charge in [0.25, 0.3) is 0 Å². The fourth-order valence-electron chi connectivity index (χ4n) is 3.73. The van der Waals surface area contributed by atoms with E-state index in [9.17, 15) is 8.42 Å². The number of ether oxygens (including phenoxy) is 1. The summed E-state index contributed by atoms with van der Waals surface area (Å²) >= 11 is 0. The van der Waals surface area contributed by atoms with E-state index in [2.05, 4.69) is 32.7 Å². The predicted octanol–water partition coefficient (Wildman–Crippen LogP) is 1.11. The molecule has 1 N–H and O–H groups in total. The van der Waals surface area contributed by atoms with E-state index in [1.165, 1.54) is 36.6 Å². The lowest BCUT2D eigenvalue weighted by atomic mass is 10.1. The maximum atomic E-state index is 11.0. The van der Waals surface area contributed by atoms with Gasteiger partial charge in [0.2, 0.25) is 10.0 Å². The molecule has 0 spiro atoms. The maximum absolute atomic E-state index is 11.0. The fourth-order valence-corrected chi connectivity index (χ4v) is 4.24. The summed E-state index contributed by atoms with van der Waals surface area (Å²) in [5.41, 5.74) is 2.95. The number of sulfonamides is 1. The van der Waals surface area contributed by atoms with Crippen LogP contribution in [0.25, 0.3) is 0 Å². The number of hydrogen-bond donors (Lipinski definition) is 1. The van der Waals surface area contributed by atoms with Crippen LogP contribution in [-0.4, -0.2) is 76.9 Å². The summed E-state index contributed by atoms with van der Waals surface area (Å²) < 4.78 is 30.6. The summed E-state index contributed by atoms with van der Waals surface area (Å²) in [6, 6.07) is 6.53. The Morgan fingerprint density at radius 1 is 1.04 bits per heavy atom. The molecule has 26 heavy (non-hydrogen) atoms. The first kappa shape index (κ1) is 19.6. The molecule has 0 bridgehead atoms. The van der Waals surface area contributed by atoms with Crippen LogP contribution in [0.5, 0.6) is 5.75 Å². The van der Waals surface area contributed by atoms with Gasteiger partial charge in [0.05, 0.1) is 6.26 Å². The van der Waals surface area contributed by atoms with Crippen LogP contribution >= 0.6 is 0 Å². The van der Waals surface area contributed by atoms with Gasteiger partial charge in [-0.1, -0.05) is 6.07 Å². The molecule has 1 saturated heterocycles. The topological polar surface area (TPSA) is 61.9 Å². The van der Waals surface area contributed by atoms with Crippen molar-refractivity contribution < 1.29 is 13.2 Å². The van der Waals surface area contributed by atoms with Crippen molar-refractivity contribution in [3.8, 4) is 5.75 Å². The van der Waals surface area contributed by atoms with E-state index >= 15 is 0 Å². The lowest BCUT2D eigenvalue weighted by molar-refractivity contribution is 0.116. The molecule has 0 aromatic heterocycles. The number of nitrogens with one attached hydrogen (secondary N) is 1. The van der Waals surface area contributed by atoms with Crippen molar-refractivity contribution in [1.82, 2.24) is 14.5 Å². The quantitative estimate of drug-likeness (QED) is 0.650. The Bertz CT molecular complexity index is 685. The van der Waals surface area contributed by atoms with Crippen molar-refractivity contribution in [1.29, 1.82) is 0 Å². The normalized spacial score (nSPS) is 18.8. The zero-order chi connectivity index (χ0) is 18.4. The summed E-state index contributed by atoms with van der Waals surface area (Å²) in [7, 11) is -3.06. The summed E-state index contributed by atoms with van der Waals surface area (Å²) in [4.78, 5) is 4.85. The minimum Gasteiger partial charge on any atom is -0.492 e. The van der Waals surface area contributed by atoms with Gasteiger partial charge in [0, 0.05) is 39.3 Å². The third-order valence-corrected chi connectivity index (χ3v) is 5.95. The van der Waals surface area contributed by atoms with Gasteiger partial charge in [0.1, 0.15) is 12.4 Å². The molecule has 0 saturated carbocycles. The second kappa shape index (κ2) is 9.17. The highest BCUT2D eigenvalue weighted by Gasteiger charge is 2.16. The molecule has 1 heterocycles. The number of benzene rings is 1. The third kappa shape index (κ3) is 6.23. The van der Waals surface area contributed by atoms with E-state index in [-0.39, 0.29) is 0 Å². The van der Waals surface area contributed by atoms with Crippen LogP contribution in [0.4, 0.5) is 0 Å². The van der Waals surface area contributed by atoms with Crippen LogP contribution in [0.15, 0.2) is 18.2 Å². The third-order valence-electron chi connectivity index (χ3n) is 5.23. The van der Waals surface area contributed by atoms with Crippen LogP contribution in [0.3, 0.4) is 0 Å². The Morgan fingerprint density at radius 2 is 1.73 bits per heavy atom.